The van der Waals surface area contributed by atoms with Crippen molar-refractivity contribution in [1.82, 2.24) is 4.90 Å². The van der Waals surface area contributed by atoms with Gasteiger partial charge in [-0.15, -0.1) is 0 Å². The summed E-state index contributed by atoms with van der Waals surface area (Å²) in [7, 11) is 0. The molecule has 0 saturated carbocycles. The number of nitrogens with zero attached hydrogens (tertiary/aromatic N) is 1. The summed E-state index contributed by atoms with van der Waals surface area (Å²) in [6.45, 7) is 3.98. The number of carbonyl (C=O) groups is 1. The molecule has 0 unspecified atom stereocenters. The fourth-order valence-corrected chi connectivity index (χ4v) is 2.31. The highest BCUT2D eigenvalue weighted by Gasteiger charge is 2.19. The molecule has 1 aromatic rings. The maximum atomic E-state index is 12.1. The molecule has 1 amide bonds. The van der Waals surface area contributed by atoms with E-state index in [9.17, 15) is 9.90 Å². The zero-order valence-electron chi connectivity index (χ0n) is 12.5. The second kappa shape index (κ2) is 7.84. The van der Waals surface area contributed by atoms with Crippen molar-refractivity contribution in [2.24, 2.45) is 0 Å². The zero-order chi connectivity index (χ0) is 15.1. The summed E-state index contributed by atoms with van der Waals surface area (Å²) in [5.41, 5.74) is 0.913. The Hall–Kier alpha value is -1.81. The number of amides is 1. The molecule has 21 heavy (non-hydrogen) atoms. The van der Waals surface area contributed by atoms with E-state index in [4.69, 9.17) is 4.74 Å². The third kappa shape index (κ3) is 4.60. The molecule has 2 rings (SSSR count). The minimum Gasteiger partial charge on any atom is -0.493 e. The Balaban J connectivity index is 1.98. The third-order valence-electron chi connectivity index (χ3n) is 3.56. The van der Waals surface area contributed by atoms with Crippen molar-refractivity contribution in [2.45, 2.75) is 32.3 Å². The molecule has 1 aliphatic rings. The molecule has 0 bridgehead atoms. The van der Waals surface area contributed by atoms with E-state index >= 15 is 0 Å². The highest BCUT2D eigenvalue weighted by Crippen LogP contribution is 2.20. The van der Waals surface area contributed by atoms with E-state index in [2.05, 4.69) is 6.92 Å². The number of hydrogen-bond donors (Lipinski definition) is 1. The van der Waals surface area contributed by atoms with Crippen LogP contribution in [0, 0.1) is 0 Å². The van der Waals surface area contributed by atoms with Gasteiger partial charge >= 0.3 is 0 Å². The van der Waals surface area contributed by atoms with Gasteiger partial charge in [-0.05, 0) is 31.4 Å². The lowest BCUT2D eigenvalue weighted by Gasteiger charge is -2.28. The van der Waals surface area contributed by atoms with Crippen molar-refractivity contribution in [3.8, 4) is 5.75 Å². The molecule has 1 aromatic carbocycles. The molecule has 0 aliphatic carbocycles. The van der Waals surface area contributed by atoms with Crippen LogP contribution in [0.4, 0.5) is 0 Å². The SMILES string of the molecule is CCCOc1ccccc1/C=C/C(=O)N1CCC(O)CC1. The molecule has 1 aliphatic heterocycles. The molecule has 0 spiro atoms. The predicted octanol–water partition coefficient (Wildman–Crippen LogP) is 2.47. The molecule has 1 saturated heterocycles. The first-order valence-corrected chi connectivity index (χ1v) is 7.57. The monoisotopic (exact) mass is 289 g/mol. The number of para-hydroxylation sites is 1. The minimum atomic E-state index is -0.263. The quantitative estimate of drug-likeness (QED) is 0.847. The summed E-state index contributed by atoms with van der Waals surface area (Å²) >= 11 is 0. The number of aliphatic hydroxyl groups is 1. The van der Waals surface area contributed by atoms with E-state index in [0.717, 1.165) is 17.7 Å². The molecule has 4 nitrogen and oxygen atoms in total. The lowest BCUT2D eigenvalue weighted by Crippen LogP contribution is -2.39. The average molecular weight is 289 g/mol. The maximum absolute atomic E-state index is 12.1. The van der Waals surface area contributed by atoms with Crippen LogP contribution in [0.2, 0.25) is 0 Å². The molecule has 0 aromatic heterocycles. The minimum absolute atomic E-state index is 0.00723. The van der Waals surface area contributed by atoms with Crippen molar-refractivity contribution in [3.63, 3.8) is 0 Å². The molecule has 1 heterocycles. The lowest BCUT2D eigenvalue weighted by molar-refractivity contribution is -0.127. The highest BCUT2D eigenvalue weighted by atomic mass is 16.5. The number of piperidine rings is 1. The second-order valence-corrected chi connectivity index (χ2v) is 5.28. The van der Waals surface area contributed by atoms with Crippen LogP contribution in [0.15, 0.2) is 30.3 Å². The summed E-state index contributed by atoms with van der Waals surface area (Å²) < 4.78 is 5.67. The smallest absolute Gasteiger partial charge is 0.246 e. The van der Waals surface area contributed by atoms with Gasteiger partial charge in [-0.1, -0.05) is 25.1 Å². The topological polar surface area (TPSA) is 49.8 Å². The average Bonchev–Trinajstić information content (AvgIpc) is 2.52. The van der Waals surface area contributed by atoms with Gasteiger partial charge in [0.15, 0.2) is 0 Å². The van der Waals surface area contributed by atoms with Gasteiger partial charge in [-0.3, -0.25) is 4.79 Å². The van der Waals surface area contributed by atoms with E-state index in [1.54, 1.807) is 17.1 Å². The van der Waals surface area contributed by atoms with Gasteiger partial charge in [0.1, 0.15) is 5.75 Å². The van der Waals surface area contributed by atoms with Gasteiger partial charge < -0.3 is 14.7 Å². The molecule has 114 valence electrons. The van der Waals surface area contributed by atoms with Gasteiger partial charge in [0.25, 0.3) is 0 Å². The molecule has 1 fully saturated rings. The fourth-order valence-electron chi connectivity index (χ4n) is 2.31. The number of carbonyl (C=O) groups excluding carboxylic acids is 1. The van der Waals surface area contributed by atoms with Crippen LogP contribution in [0.1, 0.15) is 31.7 Å². The Morgan fingerprint density at radius 3 is 2.81 bits per heavy atom. The van der Waals surface area contributed by atoms with E-state index in [1.807, 2.05) is 24.3 Å². The normalized spacial score (nSPS) is 16.4. The molecule has 1 N–H and O–H groups in total. The van der Waals surface area contributed by atoms with Crippen LogP contribution in [-0.2, 0) is 4.79 Å². The lowest BCUT2D eigenvalue weighted by atomic mass is 10.1. The van der Waals surface area contributed by atoms with Crippen LogP contribution in [0.25, 0.3) is 6.08 Å². The summed E-state index contributed by atoms with van der Waals surface area (Å²) in [6.07, 6.45) is 5.41. The summed E-state index contributed by atoms with van der Waals surface area (Å²) in [5.74, 6) is 0.796. The molecule has 0 atom stereocenters. The predicted molar refractivity (Wildman–Crippen MR) is 83.1 cm³/mol. The van der Waals surface area contributed by atoms with Gasteiger partial charge in [0, 0.05) is 24.7 Å². The van der Waals surface area contributed by atoms with E-state index in [0.29, 0.717) is 32.5 Å². The van der Waals surface area contributed by atoms with Crippen LogP contribution in [0.3, 0.4) is 0 Å². The van der Waals surface area contributed by atoms with Crippen LogP contribution in [0.5, 0.6) is 5.75 Å². The van der Waals surface area contributed by atoms with Gasteiger partial charge in [0.2, 0.25) is 5.91 Å². The van der Waals surface area contributed by atoms with Gasteiger partial charge in [0.05, 0.1) is 12.7 Å². The van der Waals surface area contributed by atoms with E-state index in [1.165, 1.54) is 0 Å². The van der Waals surface area contributed by atoms with Crippen molar-refractivity contribution in [3.05, 3.63) is 35.9 Å². The maximum Gasteiger partial charge on any atom is 0.246 e. The Morgan fingerprint density at radius 1 is 1.38 bits per heavy atom. The number of hydrogen-bond acceptors (Lipinski definition) is 3. The standard InChI is InChI=1S/C17H23NO3/c1-2-13-21-16-6-4-3-5-14(16)7-8-17(20)18-11-9-15(19)10-12-18/h3-8,15,19H,2,9-13H2,1H3/b8-7+. The number of likely N-dealkylation sites (tertiary alicyclic amines) is 1. The molecular weight excluding hydrogens is 266 g/mol. The number of aliphatic hydroxyl groups excluding tert-OH is 1. The Bertz CT molecular complexity index is 491. The van der Waals surface area contributed by atoms with Crippen molar-refractivity contribution in [2.75, 3.05) is 19.7 Å². The van der Waals surface area contributed by atoms with Crippen LogP contribution in [-0.4, -0.2) is 41.7 Å². The number of ether oxygens (including phenoxy) is 1. The molecular formula is C17H23NO3. The largest absolute Gasteiger partial charge is 0.493 e. The summed E-state index contributed by atoms with van der Waals surface area (Å²) in [4.78, 5) is 13.9. The number of benzene rings is 1. The zero-order valence-corrected chi connectivity index (χ0v) is 12.5. The number of rotatable bonds is 5. The summed E-state index contributed by atoms with van der Waals surface area (Å²) in [6, 6.07) is 7.71. The van der Waals surface area contributed by atoms with Crippen molar-refractivity contribution < 1.29 is 14.6 Å². The van der Waals surface area contributed by atoms with Crippen LogP contribution < -0.4 is 4.74 Å². The molecule has 0 radical (unpaired) electrons. The first-order valence-electron chi connectivity index (χ1n) is 7.57. The Labute approximate surface area is 126 Å². The fraction of sp³-hybridized carbons (Fsp3) is 0.471. The van der Waals surface area contributed by atoms with Crippen molar-refractivity contribution in [1.29, 1.82) is 0 Å². The Kier molecular flexibility index (Phi) is 5.81. The van der Waals surface area contributed by atoms with E-state index in [-0.39, 0.29) is 12.0 Å². The van der Waals surface area contributed by atoms with Crippen LogP contribution >= 0.6 is 0 Å². The summed E-state index contributed by atoms with van der Waals surface area (Å²) in [5, 5.41) is 9.46. The third-order valence-corrected chi connectivity index (χ3v) is 3.56. The van der Waals surface area contributed by atoms with Crippen molar-refractivity contribution >= 4 is 12.0 Å². The van der Waals surface area contributed by atoms with Gasteiger partial charge in [-0.25, -0.2) is 0 Å². The Morgan fingerprint density at radius 2 is 2.10 bits per heavy atom. The van der Waals surface area contributed by atoms with Gasteiger partial charge in [-0.2, -0.15) is 0 Å². The van der Waals surface area contributed by atoms with E-state index < -0.39 is 0 Å². The highest BCUT2D eigenvalue weighted by molar-refractivity contribution is 5.92. The first-order chi connectivity index (χ1) is 10.2. The second-order valence-electron chi connectivity index (χ2n) is 5.28. The molecule has 4 heteroatoms. The first kappa shape index (κ1) is 15.6.